The van der Waals surface area contributed by atoms with E-state index >= 15 is 0 Å². The number of aromatic nitrogens is 1. The van der Waals surface area contributed by atoms with Gasteiger partial charge in [-0.3, -0.25) is 20.4 Å². The summed E-state index contributed by atoms with van der Waals surface area (Å²) in [5.74, 6) is -0.632. The summed E-state index contributed by atoms with van der Waals surface area (Å²) in [4.78, 5) is 23.3. The third kappa shape index (κ3) is 3.92. The van der Waals surface area contributed by atoms with Crippen molar-refractivity contribution < 1.29 is 14.2 Å². The van der Waals surface area contributed by atoms with Gasteiger partial charge in [0.25, 0.3) is 5.91 Å². The van der Waals surface area contributed by atoms with Gasteiger partial charge in [-0.25, -0.2) is 0 Å². The molecule has 1 aromatic carbocycles. The van der Waals surface area contributed by atoms with Gasteiger partial charge in [0, 0.05) is 17.7 Å². The molecule has 0 aliphatic rings. The van der Waals surface area contributed by atoms with E-state index in [9.17, 15) is 9.59 Å². The van der Waals surface area contributed by atoms with Crippen LogP contribution in [0.5, 0.6) is 0 Å². The highest BCUT2D eigenvalue weighted by molar-refractivity contribution is 5.95. The average Bonchev–Trinajstić information content (AvgIpc) is 2.47. The first-order chi connectivity index (χ1) is 9.25. The van der Waals surface area contributed by atoms with Gasteiger partial charge in [0.05, 0.1) is 0 Å². The molecule has 1 aromatic heterocycles. The molecule has 0 radical (unpaired) electrons. The third-order valence-corrected chi connectivity index (χ3v) is 2.45. The van der Waals surface area contributed by atoms with Gasteiger partial charge in [0.1, 0.15) is 0 Å². The maximum absolute atomic E-state index is 11.7. The van der Waals surface area contributed by atoms with Crippen LogP contribution >= 0.6 is 0 Å². The molecule has 19 heavy (non-hydrogen) atoms. The summed E-state index contributed by atoms with van der Waals surface area (Å²) in [5.41, 5.74) is 5.23. The molecule has 0 atom stereocenters. The fourth-order valence-electron chi connectivity index (χ4n) is 1.53. The van der Waals surface area contributed by atoms with Crippen LogP contribution in [0.3, 0.4) is 0 Å². The van der Waals surface area contributed by atoms with E-state index in [1.165, 1.54) is 0 Å². The Bertz CT molecular complexity index is 555. The van der Waals surface area contributed by atoms with Gasteiger partial charge < -0.3 is 0 Å². The van der Waals surface area contributed by atoms with Gasteiger partial charge in [0.2, 0.25) is 6.54 Å². The molecule has 0 spiro atoms. The molecule has 96 valence electrons. The Morgan fingerprint density at radius 1 is 0.895 bits per heavy atom. The summed E-state index contributed by atoms with van der Waals surface area (Å²) in [6, 6.07) is 14.2. The van der Waals surface area contributed by atoms with E-state index in [2.05, 4.69) is 10.9 Å². The number of benzene rings is 1. The number of nitrogens with zero attached hydrogens (tertiary/aromatic N) is 1. The lowest BCUT2D eigenvalue weighted by atomic mass is 10.2. The first-order valence-corrected chi connectivity index (χ1v) is 5.84. The number of hydrogen-bond acceptors (Lipinski definition) is 2. The molecule has 0 saturated heterocycles. The van der Waals surface area contributed by atoms with Crippen molar-refractivity contribution >= 4 is 11.8 Å². The second-order valence-electron chi connectivity index (χ2n) is 3.92. The quantitative estimate of drug-likeness (QED) is 0.618. The van der Waals surface area contributed by atoms with Crippen LogP contribution in [0.1, 0.15) is 10.4 Å². The van der Waals surface area contributed by atoms with Crippen molar-refractivity contribution in [1.82, 2.24) is 10.9 Å². The fraction of sp³-hybridized carbons (Fsp3) is 0.0714. The van der Waals surface area contributed by atoms with Gasteiger partial charge in [-0.05, 0) is 12.1 Å². The maximum atomic E-state index is 11.7. The zero-order valence-electron chi connectivity index (χ0n) is 10.2. The summed E-state index contributed by atoms with van der Waals surface area (Å²) >= 11 is 0. The molecule has 0 unspecified atom stereocenters. The fourth-order valence-corrected chi connectivity index (χ4v) is 1.53. The SMILES string of the molecule is O=C(C[n+]1ccccc1)NNC(=O)c1ccccc1. The van der Waals surface area contributed by atoms with Crippen LogP contribution in [0.25, 0.3) is 0 Å². The van der Waals surface area contributed by atoms with Gasteiger partial charge in [-0.2, -0.15) is 4.57 Å². The summed E-state index contributed by atoms with van der Waals surface area (Å²) in [6.07, 6.45) is 3.55. The zero-order chi connectivity index (χ0) is 13.5. The Hall–Kier alpha value is -2.69. The highest BCUT2D eigenvalue weighted by atomic mass is 16.2. The highest BCUT2D eigenvalue weighted by Gasteiger charge is 2.10. The third-order valence-electron chi connectivity index (χ3n) is 2.45. The van der Waals surface area contributed by atoms with Gasteiger partial charge in [-0.1, -0.05) is 24.3 Å². The molecule has 0 aliphatic heterocycles. The molecule has 1 heterocycles. The van der Waals surface area contributed by atoms with E-state index in [0.29, 0.717) is 5.56 Å². The predicted molar refractivity (Wildman–Crippen MR) is 68.7 cm³/mol. The second-order valence-corrected chi connectivity index (χ2v) is 3.92. The van der Waals surface area contributed by atoms with Crippen molar-refractivity contribution in [1.29, 1.82) is 0 Å². The van der Waals surface area contributed by atoms with Gasteiger partial charge in [0.15, 0.2) is 12.4 Å². The minimum Gasteiger partial charge on any atom is -0.267 e. The lowest BCUT2D eigenvalue weighted by Crippen LogP contribution is -2.48. The van der Waals surface area contributed by atoms with Crippen LogP contribution in [-0.2, 0) is 11.3 Å². The molecule has 5 heteroatoms. The molecule has 2 rings (SSSR count). The molecule has 5 nitrogen and oxygen atoms in total. The molecule has 2 N–H and O–H groups in total. The molecule has 0 saturated carbocycles. The van der Waals surface area contributed by atoms with Crippen molar-refractivity contribution in [2.75, 3.05) is 0 Å². The van der Waals surface area contributed by atoms with Crippen molar-refractivity contribution in [3.05, 3.63) is 66.5 Å². The predicted octanol–water partition coefficient (Wildman–Crippen LogP) is 0.435. The number of pyridine rings is 1. The highest BCUT2D eigenvalue weighted by Crippen LogP contribution is 1.96. The minimum atomic E-state index is -0.341. The summed E-state index contributed by atoms with van der Waals surface area (Å²) in [7, 11) is 0. The molecule has 2 amide bonds. The Labute approximate surface area is 110 Å². The van der Waals surface area contributed by atoms with Gasteiger partial charge >= 0.3 is 5.91 Å². The first-order valence-electron chi connectivity index (χ1n) is 5.84. The van der Waals surface area contributed by atoms with Crippen LogP contribution in [-0.4, -0.2) is 11.8 Å². The van der Waals surface area contributed by atoms with Crippen LogP contribution in [0.15, 0.2) is 60.9 Å². The second kappa shape index (κ2) is 6.30. The molecular formula is C14H14N3O2+. The van der Waals surface area contributed by atoms with Crippen LogP contribution in [0, 0.1) is 0 Å². The largest absolute Gasteiger partial charge is 0.304 e. The van der Waals surface area contributed by atoms with Crippen molar-refractivity contribution in [2.45, 2.75) is 6.54 Å². The molecular weight excluding hydrogens is 242 g/mol. The molecule has 2 aromatic rings. The normalized spacial score (nSPS) is 9.68. The number of carbonyl (C=O) groups excluding carboxylic acids is 2. The monoisotopic (exact) mass is 256 g/mol. The summed E-state index contributed by atoms with van der Waals surface area (Å²) < 4.78 is 1.71. The van der Waals surface area contributed by atoms with Crippen molar-refractivity contribution in [3.63, 3.8) is 0 Å². The number of amides is 2. The van der Waals surface area contributed by atoms with E-state index in [1.54, 1.807) is 41.2 Å². The van der Waals surface area contributed by atoms with E-state index in [0.717, 1.165) is 0 Å². The standard InChI is InChI=1S/C14H13N3O2/c18-13(11-17-9-5-2-6-10-17)15-16-14(19)12-7-3-1-4-8-12/h1-10H,11H2,(H-,15,16,18,19)/p+1. The van der Waals surface area contributed by atoms with E-state index in [4.69, 9.17) is 0 Å². The lowest BCUT2D eigenvalue weighted by molar-refractivity contribution is -0.684. The first kappa shape index (κ1) is 12.8. The van der Waals surface area contributed by atoms with Crippen LogP contribution < -0.4 is 15.4 Å². The Morgan fingerprint density at radius 3 is 2.21 bits per heavy atom. The van der Waals surface area contributed by atoms with E-state index in [1.807, 2.05) is 24.3 Å². The smallest absolute Gasteiger partial charge is 0.267 e. The van der Waals surface area contributed by atoms with Crippen LogP contribution in [0.4, 0.5) is 0 Å². The number of hydrogen-bond donors (Lipinski definition) is 2. The van der Waals surface area contributed by atoms with Crippen molar-refractivity contribution in [3.8, 4) is 0 Å². The van der Waals surface area contributed by atoms with Gasteiger partial charge in [-0.15, -0.1) is 0 Å². The summed E-state index contributed by atoms with van der Waals surface area (Å²) in [5, 5.41) is 0. The topological polar surface area (TPSA) is 62.1 Å². The molecule has 0 aliphatic carbocycles. The van der Waals surface area contributed by atoms with Crippen LogP contribution in [0.2, 0.25) is 0 Å². The maximum Gasteiger partial charge on any atom is 0.304 e. The molecule has 0 bridgehead atoms. The summed E-state index contributed by atoms with van der Waals surface area (Å²) in [6.45, 7) is 0.149. The Balaban J connectivity index is 1.83. The zero-order valence-corrected chi connectivity index (χ0v) is 10.2. The van der Waals surface area contributed by atoms with E-state index in [-0.39, 0.29) is 18.4 Å². The Morgan fingerprint density at radius 2 is 1.53 bits per heavy atom. The number of rotatable bonds is 3. The Kier molecular flexibility index (Phi) is 4.23. The lowest BCUT2D eigenvalue weighted by Gasteiger charge is -2.05. The average molecular weight is 256 g/mol. The molecule has 0 fully saturated rings. The number of nitrogens with one attached hydrogen (secondary N) is 2. The number of carbonyl (C=O) groups is 2. The number of hydrazine groups is 1. The minimum absolute atomic E-state index is 0.149. The van der Waals surface area contributed by atoms with E-state index < -0.39 is 0 Å². The van der Waals surface area contributed by atoms with Crippen molar-refractivity contribution in [2.24, 2.45) is 0 Å².